The van der Waals surface area contributed by atoms with Gasteiger partial charge < -0.3 is 14.4 Å². The maximum atomic E-state index is 14.1. The molecule has 3 heterocycles. The first-order valence-electron chi connectivity index (χ1n) is 16.5. The van der Waals surface area contributed by atoms with Gasteiger partial charge in [-0.2, -0.15) is 0 Å². The van der Waals surface area contributed by atoms with E-state index in [9.17, 15) is 9.59 Å². The van der Waals surface area contributed by atoms with E-state index >= 15 is 0 Å². The van der Waals surface area contributed by atoms with Crippen LogP contribution in [-0.2, 0) is 11.3 Å². The third kappa shape index (κ3) is 5.48. The maximum Gasteiger partial charge on any atom is 0.269 e. The van der Waals surface area contributed by atoms with Crippen LogP contribution < -0.4 is 24.4 Å². The van der Waals surface area contributed by atoms with Gasteiger partial charge in [-0.25, -0.2) is 0 Å². The predicted molar refractivity (Wildman–Crippen MR) is 195 cm³/mol. The molecule has 0 N–H and O–H groups in total. The fourth-order valence-electron chi connectivity index (χ4n) is 6.91. The van der Waals surface area contributed by atoms with Crippen molar-refractivity contribution in [2.75, 3.05) is 18.0 Å². The minimum Gasteiger partial charge on any atom is -0.462 e. The molecule has 3 aromatic carbocycles. The van der Waals surface area contributed by atoms with E-state index in [1.165, 1.54) is 11.3 Å². The number of ketones is 1. The monoisotopic (exact) mass is 654 g/mol. The fourth-order valence-corrected chi connectivity index (χ4v) is 8.18. The van der Waals surface area contributed by atoms with Crippen molar-refractivity contribution in [1.29, 1.82) is 0 Å². The van der Waals surface area contributed by atoms with Crippen LogP contribution in [0.4, 0.5) is 5.69 Å². The van der Waals surface area contributed by atoms with Crippen LogP contribution >= 0.6 is 11.3 Å². The number of rotatable bonds is 6. The van der Waals surface area contributed by atoms with E-state index in [2.05, 4.69) is 56.0 Å². The highest BCUT2D eigenvalue weighted by atomic mass is 32.1. The van der Waals surface area contributed by atoms with Crippen molar-refractivity contribution in [3.63, 3.8) is 0 Å². The normalized spacial score (nSPS) is 19.9. The van der Waals surface area contributed by atoms with Crippen molar-refractivity contribution in [2.24, 2.45) is 0 Å². The lowest BCUT2D eigenvalue weighted by atomic mass is 9.90. The second kappa shape index (κ2) is 12.8. The Bertz CT molecular complexity index is 2260. The van der Waals surface area contributed by atoms with Crippen LogP contribution in [0.5, 0.6) is 5.75 Å². The third-order valence-electron chi connectivity index (χ3n) is 9.20. The highest BCUT2D eigenvalue weighted by Crippen LogP contribution is 2.42. The number of allylic oxidation sites excluding steroid dienone is 6. The van der Waals surface area contributed by atoms with Gasteiger partial charge in [0.1, 0.15) is 32.2 Å². The second-order valence-electron chi connectivity index (χ2n) is 12.1. The summed E-state index contributed by atoms with van der Waals surface area (Å²) in [5.74, 6) is 2.42. The lowest BCUT2D eigenvalue weighted by Gasteiger charge is -2.25. The van der Waals surface area contributed by atoms with Crippen molar-refractivity contribution < 1.29 is 14.3 Å². The fraction of sp³-hybridized carbons (Fsp3) is 0.220. The highest BCUT2D eigenvalue weighted by molar-refractivity contribution is 7.07. The number of benzene rings is 3. The molecule has 1 aromatic heterocycles. The standard InChI is InChI=1S/C41H38N2O4S/c1-6-42(7-2)29-18-19-32-25(4)20-30(47-35(32)23-29)24-31-22-28(21-26(5)46-31)39-40(45)43(8-3)41(48-39)37-36(27-14-10-9-11-15-27)33-16-12-13-17-34(33)38(37)44/h9-24,36H,6-8H2,1-5H3. The number of hydrogen-bond acceptors (Lipinski definition) is 6. The molecule has 6 nitrogen and oxygen atoms in total. The zero-order chi connectivity index (χ0) is 33.5. The first-order chi connectivity index (χ1) is 23.3. The number of carbonyl (C=O) groups excluding carboxylic acids is 1. The maximum absolute atomic E-state index is 14.1. The zero-order valence-corrected chi connectivity index (χ0v) is 28.7. The molecule has 0 saturated carbocycles. The summed E-state index contributed by atoms with van der Waals surface area (Å²) < 4.78 is 15.5. The molecule has 0 spiro atoms. The molecular formula is C41H38N2O4S. The number of Topliss-reactive ketones (excluding diaryl/α,β-unsaturated/α-hetero) is 1. The van der Waals surface area contributed by atoms with Crippen molar-refractivity contribution in [3.05, 3.63) is 156 Å². The predicted octanol–water partition coefficient (Wildman–Crippen LogP) is 7.30. The first-order valence-corrected chi connectivity index (χ1v) is 17.3. The van der Waals surface area contributed by atoms with E-state index in [4.69, 9.17) is 9.47 Å². The average Bonchev–Trinajstić information content (AvgIpc) is 3.58. The van der Waals surface area contributed by atoms with Crippen LogP contribution in [0.1, 0.15) is 67.6 Å². The molecule has 1 atom stereocenters. The van der Waals surface area contributed by atoms with Gasteiger partial charge in [0.25, 0.3) is 5.56 Å². The van der Waals surface area contributed by atoms with Gasteiger partial charge in [0.15, 0.2) is 5.78 Å². The number of carbonyl (C=O) groups is 1. The molecule has 7 heteroatoms. The molecule has 3 aliphatic rings. The number of fused-ring (bicyclic) bond motifs is 2. The van der Waals surface area contributed by atoms with Gasteiger partial charge in [-0.3, -0.25) is 14.2 Å². The van der Waals surface area contributed by atoms with Crippen LogP contribution in [0.3, 0.4) is 0 Å². The quantitative estimate of drug-likeness (QED) is 0.218. The van der Waals surface area contributed by atoms with Gasteiger partial charge in [-0.15, -0.1) is 11.3 Å². The van der Waals surface area contributed by atoms with E-state index in [-0.39, 0.29) is 17.3 Å². The summed E-state index contributed by atoms with van der Waals surface area (Å²) in [7, 11) is 0. The SMILES string of the molecule is CCN(CC)c1ccc2c(c1)OC(=CC1=CC(=c3sc(=C4C(=O)c5ccccc5C4c4ccccc4)n(CC)c3=O)C=C(C)O1)C=C2C. The van der Waals surface area contributed by atoms with Crippen LogP contribution in [0.15, 0.2) is 119 Å². The molecule has 7 rings (SSSR count). The Hall–Kier alpha value is -5.14. The minimum atomic E-state index is -0.255. The molecule has 2 aliphatic heterocycles. The Balaban J connectivity index is 1.36. The topological polar surface area (TPSA) is 60.8 Å². The van der Waals surface area contributed by atoms with Crippen LogP contribution in [0, 0.1) is 0 Å². The molecule has 0 fully saturated rings. The van der Waals surface area contributed by atoms with E-state index in [0.29, 0.717) is 44.2 Å². The molecule has 4 aromatic rings. The van der Waals surface area contributed by atoms with E-state index in [0.717, 1.165) is 52.4 Å². The Morgan fingerprint density at radius 1 is 0.854 bits per heavy atom. The smallest absolute Gasteiger partial charge is 0.269 e. The minimum absolute atomic E-state index is 0.0276. The number of anilines is 1. The molecule has 48 heavy (non-hydrogen) atoms. The van der Waals surface area contributed by atoms with Crippen molar-refractivity contribution in [2.45, 2.75) is 47.1 Å². The van der Waals surface area contributed by atoms with E-state index in [1.54, 1.807) is 4.57 Å². The summed E-state index contributed by atoms with van der Waals surface area (Å²) >= 11 is 1.38. The van der Waals surface area contributed by atoms with Crippen molar-refractivity contribution >= 4 is 39.5 Å². The summed E-state index contributed by atoms with van der Waals surface area (Å²) in [5, 5.41) is 0. The third-order valence-corrected chi connectivity index (χ3v) is 10.4. The Morgan fingerprint density at radius 3 is 2.35 bits per heavy atom. The van der Waals surface area contributed by atoms with E-state index in [1.807, 2.05) is 80.6 Å². The molecule has 242 valence electrons. The van der Waals surface area contributed by atoms with Crippen LogP contribution in [0.25, 0.3) is 16.7 Å². The summed E-state index contributed by atoms with van der Waals surface area (Å²) in [6, 6.07) is 24.2. The summed E-state index contributed by atoms with van der Waals surface area (Å²) in [6.07, 6.45) is 7.65. The van der Waals surface area contributed by atoms with Gasteiger partial charge in [0.2, 0.25) is 0 Å². The highest BCUT2D eigenvalue weighted by Gasteiger charge is 2.37. The molecular weight excluding hydrogens is 617 g/mol. The summed E-state index contributed by atoms with van der Waals surface area (Å²) in [5.41, 5.74) is 7.24. The largest absolute Gasteiger partial charge is 0.462 e. The molecule has 1 aliphatic carbocycles. The van der Waals surface area contributed by atoms with Gasteiger partial charge in [0.05, 0.1) is 0 Å². The first kappa shape index (κ1) is 31.5. The molecule has 0 saturated heterocycles. The molecule has 1 unspecified atom stereocenters. The van der Waals surface area contributed by atoms with Gasteiger partial charge in [0, 0.05) is 65.7 Å². The van der Waals surface area contributed by atoms with Gasteiger partial charge in [-0.1, -0.05) is 54.6 Å². The van der Waals surface area contributed by atoms with Crippen molar-refractivity contribution in [1.82, 2.24) is 4.57 Å². The lowest BCUT2D eigenvalue weighted by Crippen LogP contribution is -2.33. The molecule has 0 bridgehead atoms. The number of aromatic nitrogens is 1. The van der Waals surface area contributed by atoms with Crippen molar-refractivity contribution in [3.8, 4) is 5.75 Å². The summed E-state index contributed by atoms with van der Waals surface area (Å²) in [4.78, 5) is 30.4. The second-order valence-corrected chi connectivity index (χ2v) is 13.1. The van der Waals surface area contributed by atoms with Crippen LogP contribution in [-0.4, -0.2) is 23.4 Å². The van der Waals surface area contributed by atoms with Gasteiger partial charge >= 0.3 is 0 Å². The van der Waals surface area contributed by atoms with Gasteiger partial charge in [-0.05, 0) is 81.7 Å². The Kier molecular flexibility index (Phi) is 8.40. The molecule has 0 amide bonds. The number of ether oxygens (including phenoxy) is 2. The number of hydrogen-bond donors (Lipinski definition) is 0. The Morgan fingerprint density at radius 2 is 1.60 bits per heavy atom. The van der Waals surface area contributed by atoms with E-state index < -0.39 is 0 Å². The number of thiazole rings is 1. The Labute approximate surface area is 284 Å². The average molecular weight is 655 g/mol. The summed E-state index contributed by atoms with van der Waals surface area (Å²) in [6.45, 7) is 12.5. The lowest BCUT2D eigenvalue weighted by molar-refractivity contribution is 0.105. The molecule has 0 radical (unpaired) electrons. The van der Waals surface area contributed by atoms with Crippen LogP contribution in [0.2, 0.25) is 0 Å². The number of nitrogens with zero attached hydrogens (tertiary/aromatic N) is 2. The zero-order valence-electron chi connectivity index (χ0n) is 27.9.